The van der Waals surface area contributed by atoms with Gasteiger partial charge < -0.3 is 15.5 Å². The summed E-state index contributed by atoms with van der Waals surface area (Å²) in [5.74, 6) is 1.46. The highest BCUT2D eigenvalue weighted by Gasteiger charge is 2.15. The van der Waals surface area contributed by atoms with E-state index >= 15 is 0 Å². The molecule has 0 saturated carbocycles. The summed E-state index contributed by atoms with van der Waals surface area (Å²) in [5.41, 5.74) is 12.2. The molecule has 3 aromatic rings. The number of benzene rings is 2. The number of fused-ring (bicyclic) bond motifs is 1. The molecular formula is C23H30N2O. The maximum atomic E-state index is 5.72. The molecule has 1 atom stereocenters. The van der Waals surface area contributed by atoms with Crippen molar-refractivity contribution in [2.75, 3.05) is 13.7 Å². The third-order valence-corrected chi connectivity index (χ3v) is 5.37. The van der Waals surface area contributed by atoms with Crippen LogP contribution in [0.1, 0.15) is 50.2 Å². The molecule has 1 unspecified atom stereocenters. The van der Waals surface area contributed by atoms with E-state index in [0.717, 1.165) is 38.0 Å². The minimum atomic E-state index is 0.579. The zero-order chi connectivity index (χ0) is 18.5. The number of aromatic amines is 1. The topological polar surface area (TPSA) is 51.0 Å². The standard InChI is InChI=1S/C23H30N2O/c1-4-16(2)18-10-13-22-21(15-18)20(7-5-6-14-24)23(25-22)17-8-11-19(26-3)12-9-17/h8-13,15-16,25H,4-7,14,24H2,1-3H3. The zero-order valence-corrected chi connectivity index (χ0v) is 16.1. The monoisotopic (exact) mass is 350 g/mol. The number of ether oxygens (including phenoxy) is 1. The van der Waals surface area contributed by atoms with Crippen LogP contribution in [0.5, 0.6) is 5.75 Å². The van der Waals surface area contributed by atoms with Gasteiger partial charge in [0.2, 0.25) is 0 Å². The van der Waals surface area contributed by atoms with Gasteiger partial charge in [-0.1, -0.05) is 19.9 Å². The van der Waals surface area contributed by atoms with Crippen molar-refractivity contribution >= 4 is 10.9 Å². The summed E-state index contributed by atoms with van der Waals surface area (Å²) >= 11 is 0. The molecule has 0 bridgehead atoms. The smallest absolute Gasteiger partial charge is 0.118 e. The largest absolute Gasteiger partial charge is 0.497 e. The highest BCUT2D eigenvalue weighted by Crippen LogP contribution is 2.34. The van der Waals surface area contributed by atoms with Crippen LogP contribution in [-0.2, 0) is 6.42 Å². The highest BCUT2D eigenvalue weighted by atomic mass is 16.5. The van der Waals surface area contributed by atoms with E-state index in [1.54, 1.807) is 7.11 Å². The number of aromatic nitrogens is 1. The van der Waals surface area contributed by atoms with Crippen LogP contribution >= 0.6 is 0 Å². The van der Waals surface area contributed by atoms with Crippen molar-refractivity contribution in [1.29, 1.82) is 0 Å². The molecule has 0 saturated heterocycles. The summed E-state index contributed by atoms with van der Waals surface area (Å²) in [6.07, 6.45) is 4.37. The Hall–Kier alpha value is -2.26. The van der Waals surface area contributed by atoms with Crippen LogP contribution in [0.3, 0.4) is 0 Å². The number of hydrogen-bond acceptors (Lipinski definition) is 2. The number of H-pyrrole nitrogens is 1. The average molecular weight is 351 g/mol. The predicted molar refractivity (Wildman–Crippen MR) is 111 cm³/mol. The minimum Gasteiger partial charge on any atom is -0.497 e. The molecule has 0 amide bonds. The van der Waals surface area contributed by atoms with Gasteiger partial charge in [0.25, 0.3) is 0 Å². The summed E-state index contributed by atoms with van der Waals surface area (Å²) in [5, 5.41) is 1.35. The van der Waals surface area contributed by atoms with E-state index in [1.807, 2.05) is 12.1 Å². The number of rotatable bonds is 8. The van der Waals surface area contributed by atoms with Crippen molar-refractivity contribution in [1.82, 2.24) is 4.98 Å². The third kappa shape index (κ3) is 3.78. The summed E-state index contributed by atoms with van der Waals surface area (Å²) in [6.45, 7) is 5.29. The lowest BCUT2D eigenvalue weighted by atomic mass is 9.94. The molecule has 0 aliphatic carbocycles. The molecule has 1 heterocycles. The van der Waals surface area contributed by atoms with Crippen LogP contribution in [0, 0.1) is 0 Å². The first-order valence-electron chi connectivity index (χ1n) is 9.66. The lowest BCUT2D eigenvalue weighted by Crippen LogP contribution is -1.99. The van der Waals surface area contributed by atoms with Gasteiger partial charge in [-0.3, -0.25) is 0 Å². The quantitative estimate of drug-likeness (QED) is 0.517. The van der Waals surface area contributed by atoms with Crippen LogP contribution in [0.25, 0.3) is 22.2 Å². The molecule has 0 fully saturated rings. The average Bonchev–Trinajstić information content (AvgIpc) is 3.05. The van der Waals surface area contributed by atoms with Gasteiger partial charge in [0.15, 0.2) is 0 Å². The maximum Gasteiger partial charge on any atom is 0.118 e. The number of nitrogens with one attached hydrogen (secondary N) is 1. The van der Waals surface area contributed by atoms with E-state index in [1.165, 1.54) is 33.3 Å². The molecular weight excluding hydrogens is 320 g/mol. The van der Waals surface area contributed by atoms with Gasteiger partial charge in [-0.25, -0.2) is 0 Å². The van der Waals surface area contributed by atoms with Gasteiger partial charge in [-0.15, -0.1) is 0 Å². The van der Waals surface area contributed by atoms with Gasteiger partial charge in [-0.05, 0) is 91.2 Å². The Morgan fingerprint density at radius 3 is 2.50 bits per heavy atom. The van der Waals surface area contributed by atoms with E-state index in [0.29, 0.717) is 5.92 Å². The second-order valence-corrected chi connectivity index (χ2v) is 7.07. The van der Waals surface area contributed by atoms with Crippen molar-refractivity contribution in [3.8, 4) is 17.0 Å². The Morgan fingerprint density at radius 1 is 1.08 bits per heavy atom. The normalized spacial score (nSPS) is 12.5. The second-order valence-electron chi connectivity index (χ2n) is 7.07. The van der Waals surface area contributed by atoms with Gasteiger partial charge in [0, 0.05) is 16.6 Å². The molecule has 26 heavy (non-hydrogen) atoms. The predicted octanol–water partition coefficient (Wildman–Crippen LogP) is 5.64. The second kappa shape index (κ2) is 8.41. The molecule has 0 aliphatic rings. The van der Waals surface area contributed by atoms with Crippen molar-refractivity contribution < 1.29 is 4.74 Å². The lowest BCUT2D eigenvalue weighted by molar-refractivity contribution is 0.415. The van der Waals surface area contributed by atoms with E-state index in [9.17, 15) is 0 Å². The molecule has 1 aromatic heterocycles. The van der Waals surface area contributed by atoms with Crippen molar-refractivity contribution in [3.63, 3.8) is 0 Å². The van der Waals surface area contributed by atoms with Crippen molar-refractivity contribution in [3.05, 3.63) is 53.6 Å². The molecule has 3 N–H and O–H groups in total. The number of nitrogens with two attached hydrogens (primary N) is 1. The van der Waals surface area contributed by atoms with Gasteiger partial charge in [0.1, 0.15) is 5.75 Å². The fourth-order valence-corrected chi connectivity index (χ4v) is 3.52. The third-order valence-electron chi connectivity index (χ3n) is 5.37. The zero-order valence-electron chi connectivity index (χ0n) is 16.1. The number of aryl methyl sites for hydroxylation is 1. The first-order chi connectivity index (χ1) is 12.7. The summed E-state index contributed by atoms with van der Waals surface area (Å²) in [4.78, 5) is 3.66. The fraction of sp³-hybridized carbons (Fsp3) is 0.391. The Morgan fingerprint density at radius 2 is 1.85 bits per heavy atom. The Balaban J connectivity index is 2.08. The van der Waals surface area contributed by atoms with Gasteiger partial charge in [-0.2, -0.15) is 0 Å². The van der Waals surface area contributed by atoms with Crippen LogP contribution in [0.15, 0.2) is 42.5 Å². The summed E-state index contributed by atoms with van der Waals surface area (Å²) < 4.78 is 5.30. The van der Waals surface area contributed by atoms with Crippen LogP contribution in [-0.4, -0.2) is 18.6 Å². The Bertz CT molecular complexity index is 849. The Labute approximate surface area is 156 Å². The van der Waals surface area contributed by atoms with Crippen LogP contribution in [0.4, 0.5) is 0 Å². The molecule has 0 spiro atoms. The summed E-state index contributed by atoms with van der Waals surface area (Å²) in [6, 6.07) is 15.2. The number of unbranched alkanes of at least 4 members (excludes halogenated alkanes) is 1. The van der Waals surface area contributed by atoms with E-state index in [-0.39, 0.29) is 0 Å². The van der Waals surface area contributed by atoms with E-state index in [4.69, 9.17) is 10.5 Å². The van der Waals surface area contributed by atoms with Gasteiger partial charge in [0.05, 0.1) is 7.11 Å². The lowest BCUT2D eigenvalue weighted by Gasteiger charge is -2.10. The van der Waals surface area contributed by atoms with Crippen molar-refractivity contribution in [2.45, 2.75) is 45.4 Å². The molecule has 138 valence electrons. The molecule has 2 aromatic carbocycles. The van der Waals surface area contributed by atoms with Crippen LogP contribution in [0.2, 0.25) is 0 Å². The van der Waals surface area contributed by atoms with Gasteiger partial charge >= 0.3 is 0 Å². The Kier molecular flexibility index (Phi) is 6.00. The maximum absolute atomic E-state index is 5.72. The number of hydrogen-bond donors (Lipinski definition) is 2. The SMILES string of the molecule is CCC(C)c1ccc2[nH]c(-c3ccc(OC)cc3)c(CCCCN)c2c1. The van der Waals surface area contributed by atoms with E-state index < -0.39 is 0 Å². The summed E-state index contributed by atoms with van der Waals surface area (Å²) in [7, 11) is 1.70. The number of methoxy groups -OCH3 is 1. The minimum absolute atomic E-state index is 0.579. The van der Waals surface area contributed by atoms with Crippen LogP contribution < -0.4 is 10.5 Å². The fourth-order valence-electron chi connectivity index (χ4n) is 3.52. The highest BCUT2D eigenvalue weighted by molar-refractivity contribution is 5.91. The first kappa shape index (κ1) is 18.5. The van der Waals surface area contributed by atoms with Crippen molar-refractivity contribution in [2.24, 2.45) is 5.73 Å². The molecule has 0 aliphatic heterocycles. The molecule has 3 nitrogen and oxygen atoms in total. The van der Waals surface area contributed by atoms with E-state index in [2.05, 4.69) is 49.2 Å². The molecule has 3 rings (SSSR count). The molecule has 3 heteroatoms. The first-order valence-corrected chi connectivity index (χ1v) is 9.66. The molecule has 0 radical (unpaired) electrons.